The number of aryl methyl sites for hydroxylation is 1. The number of nitrogens with one attached hydrogen (secondary N) is 1. The summed E-state index contributed by atoms with van der Waals surface area (Å²) in [4.78, 5) is 53.7. The number of nitrogens with two attached hydrogens (primary N) is 1. The molecule has 0 fully saturated rings. The maximum Gasteiger partial charge on any atom is 0.346 e. The van der Waals surface area contributed by atoms with Gasteiger partial charge in [0.15, 0.2) is 5.69 Å². The molecule has 1 aromatic carbocycles. The minimum Gasteiger partial charge on any atom is -0.383 e. The SMILES string of the molecule is CN(C(=O)Cn1nc2n(c1=O)CCCCC2)c1c(N)n(Cc2ccccc2)c(=O)[nH]c1=O. The third kappa shape index (κ3) is 4.01. The molecule has 0 atom stereocenters. The molecule has 0 spiro atoms. The Kier molecular flexibility index (Phi) is 5.80. The van der Waals surface area contributed by atoms with Gasteiger partial charge in [-0.3, -0.25) is 23.7 Å². The van der Waals surface area contributed by atoms with Gasteiger partial charge in [0.25, 0.3) is 5.56 Å². The normalized spacial score (nSPS) is 13.4. The number of rotatable bonds is 5. The van der Waals surface area contributed by atoms with Crippen LogP contribution in [0.3, 0.4) is 0 Å². The van der Waals surface area contributed by atoms with Crippen molar-refractivity contribution in [3.8, 4) is 0 Å². The lowest BCUT2D eigenvalue weighted by atomic mass is 10.2. The first kappa shape index (κ1) is 21.3. The Hall–Kier alpha value is -3.89. The molecule has 3 aromatic rings. The van der Waals surface area contributed by atoms with Crippen molar-refractivity contribution in [1.82, 2.24) is 23.9 Å². The van der Waals surface area contributed by atoms with E-state index < -0.39 is 17.2 Å². The number of H-pyrrole nitrogens is 1. The van der Waals surface area contributed by atoms with E-state index in [1.54, 1.807) is 4.57 Å². The molecule has 11 nitrogen and oxygen atoms in total. The standard InChI is InChI=1S/C21H25N7O4/c1-25(16(29)13-28-21(32)26-11-7-3-6-10-15(26)24-28)17-18(22)27(20(31)23-19(17)30)12-14-8-4-2-5-9-14/h2,4-5,8-9H,3,6-7,10-13,22H2,1H3,(H,23,30,31). The van der Waals surface area contributed by atoms with Crippen LogP contribution in [0.2, 0.25) is 0 Å². The van der Waals surface area contributed by atoms with Crippen molar-refractivity contribution in [2.24, 2.45) is 0 Å². The highest BCUT2D eigenvalue weighted by Crippen LogP contribution is 2.17. The van der Waals surface area contributed by atoms with E-state index >= 15 is 0 Å². The molecule has 0 saturated carbocycles. The van der Waals surface area contributed by atoms with E-state index in [1.165, 1.54) is 11.6 Å². The highest BCUT2D eigenvalue weighted by Gasteiger charge is 2.23. The highest BCUT2D eigenvalue weighted by atomic mass is 16.2. The summed E-state index contributed by atoms with van der Waals surface area (Å²) in [5, 5.41) is 4.31. The molecule has 11 heteroatoms. The molecular weight excluding hydrogens is 414 g/mol. The fourth-order valence-electron chi connectivity index (χ4n) is 3.91. The molecule has 2 aromatic heterocycles. The Bertz CT molecular complexity index is 1320. The van der Waals surface area contributed by atoms with Gasteiger partial charge in [0.05, 0.1) is 6.54 Å². The fourth-order valence-corrected chi connectivity index (χ4v) is 3.91. The van der Waals surface area contributed by atoms with E-state index in [-0.39, 0.29) is 30.3 Å². The van der Waals surface area contributed by atoms with Crippen LogP contribution >= 0.6 is 0 Å². The summed E-state index contributed by atoms with van der Waals surface area (Å²) in [6.07, 6.45) is 3.55. The van der Waals surface area contributed by atoms with E-state index in [4.69, 9.17) is 5.73 Å². The molecule has 0 unspecified atom stereocenters. The molecule has 0 bridgehead atoms. The van der Waals surface area contributed by atoms with Gasteiger partial charge in [0.1, 0.15) is 18.2 Å². The summed E-state index contributed by atoms with van der Waals surface area (Å²) in [5.74, 6) is -0.0226. The quantitative estimate of drug-likeness (QED) is 0.569. The first-order valence-electron chi connectivity index (χ1n) is 10.5. The number of aromatic nitrogens is 5. The van der Waals surface area contributed by atoms with E-state index in [0.29, 0.717) is 18.8 Å². The molecule has 0 aliphatic carbocycles. The average Bonchev–Trinajstić information content (AvgIpc) is 2.92. The zero-order valence-electron chi connectivity index (χ0n) is 17.8. The zero-order valence-corrected chi connectivity index (χ0v) is 17.8. The van der Waals surface area contributed by atoms with Crippen molar-refractivity contribution in [2.75, 3.05) is 17.7 Å². The lowest BCUT2D eigenvalue weighted by Crippen LogP contribution is -2.41. The fraction of sp³-hybridized carbons (Fsp3) is 0.381. The smallest absolute Gasteiger partial charge is 0.346 e. The zero-order chi connectivity index (χ0) is 22.8. The second-order valence-corrected chi connectivity index (χ2v) is 7.84. The van der Waals surface area contributed by atoms with Gasteiger partial charge >= 0.3 is 11.4 Å². The molecular formula is C21H25N7O4. The van der Waals surface area contributed by atoms with Crippen molar-refractivity contribution >= 4 is 17.4 Å². The second kappa shape index (κ2) is 8.69. The Morgan fingerprint density at radius 1 is 1.16 bits per heavy atom. The summed E-state index contributed by atoms with van der Waals surface area (Å²) >= 11 is 0. The second-order valence-electron chi connectivity index (χ2n) is 7.84. The predicted octanol–water partition coefficient (Wildman–Crippen LogP) is -0.0853. The molecule has 3 heterocycles. The topological polar surface area (TPSA) is 141 Å². The number of anilines is 2. The van der Waals surface area contributed by atoms with Gasteiger partial charge in [0.2, 0.25) is 5.91 Å². The van der Waals surface area contributed by atoms with Gasteiger partial charge in [0, 0.05) is 20.0 Å². The number of nitrogen functional groups attached to an aromatic ring is 1. The Balaban J connectivity index is 1.63. The molecule has 168 valence electrons. The number of amides is 1. The van der Waals surface area contributed by atoms with Gasteiger partial charge < -0.3 is 10.6 Å². The van der Waals surface area contributed by atoms with Gasteiger partial charge in [-0.2, -0.15) is 5.10 Å². The number of hydrogen-bond donors (Lipinski definition) is 2. The summed E-state index contributed by atoms with van der Waals surface area (Å²) in [7, 11) is 1.38. The molecule has 32 heavy (non-hydrogen) atoms. The van der Waals surface area contributed by atoms with Crippen LogP contribution in [-0.2, 0) is 30.8 Å². The number of carbonyl (C=O) groups excluding carboxylic acids is 1. The van der Waals surface area contributed by atoms with Crippen molar-refractivity contribution < 1.29 is 4.79 Å². The van der Waals surface area contributed by atoms with Crippen LogP contribution in [-0.4, -0.2) is 36.9 Å². The van der Waals surface area contributed by atoms with Crippen LogP contribution in [0.15, 0.2) is 44.7 Å². The maximum absolute atomic E-state index is 12.9. The number of fused-ring (bicyclic) bond motifs is 1. The van der Waals surface area contributed by atoms with Crippen molar-refractivity contribution in [2.45, 2.75) is 45.3 Å². The van der Waals surface area contributed by atoms with Gasteiger partial charge in [-0.25, -0.2) is 14.3 Å². The van der Waals surface area contributed by atoms with Crippen LogP contribution in [0, 0.1) is 0 Å². The number of carbonyl (C=O) groups is 1. The Morgan fingerprint density at radius 3 is 2.66 bits per heavy atom. The molecule has 3 N–H and O–H groups in total. The lowest BCUT2D eigenvalue weighted by Gasteiger charge is -2.20. The monoisotopic (exact) mass is 439 g/mol. The average molecular weight is 439 g/mol. The number of hydrogen-bond acceptors (Lipinski definition) is 6. The third-order valence-corrected chi connectivity index (χ3v) is 5.67. The van der Waals surface area contributed by atoms with Crippen LogP contribution in [0.5, 0.6) is 0 Å². The van der Waals surface area contributed by atoms with Crippen LogP contribution in [0.25, 0.3) is 0 Å². The van der Waals surface area contributed by atoms with Gasteiger partial charge in [-0.15, -0.1) is 0 Å². The number of benzene rings is 1. The van der Waals surface area contributed by atoms with Crippen LogP contribution < -0.4 is 27.6 Å². The first-order chi connectivity index (χ1) is 15.4. The van der Waals surface area contributed by atoms with Gasteiger partial charge in [-0.1, -0.05) is 36.8 Å². The van der Waals surface area contributed by atoms with Crippen molar-refractivity contribution in [3.63, 3.8) is 0 Å². The Labute approximate surface area is 182 Å². The van der Waals surface area contributed by atoms with Gasteiger partial charge in [-0.05, 0) is 18.4 Å². The minimum atomic E-state index is -0.777. The molecule has 1 aliphatic heterocycles. The first-order valence-corrected chi connectivity index (χ1v) is 10.5. The van der Waals surface area contributed by atoms with Crippen molar-refractivity contribution in [3.05, 3.63) is 73.0 Å². The summed E-state index contributed by atoms with van der Waals surface area (Å²) < 4.78 is 3.91. The largest absolute Gasteiger partial charge is 0.383 e. The lowest BCUT2D eigenvalue weighted by molar-refractivity contribution is -0.119. The number of likely N-dealkylation sites (N-methyl/N-ethyl adjacent to an activating group) is 1. The van der Waals surface area contributed by atoms with E-state index in [9.17, 15) is 19.2 Å². The number of aromatic amines is 1. The molecule has 1 amide bonds. The molecule has 1 aliphatic rings. The van der Waals surface area contributed by atoms with Crippen LogP contribution in [0.4, 0.5) is 11.5 Å². The molecule has 4 rings (SSSR count). The van der Waals surface area contributed by atoms with Crippen molar-refractivity contribution in [1.29, 1.82) is 0 Å². The summed E-state index contributed by atoms with van der Waals surface area (Å²) in [5.41, 5.74) is 5.01. The summed E-state index contributed by atoms with van der Waals surface area (Å²) in [6, 6.07) is 9.13. The molecule has 0 saturated heterocycles. The summed E-state index contributed by atoms with van der Waals surface area (Å²) in [6.45, 7) is 0.367. The minimum absolute atomic E-state index is 0.130. The highest BCUT2D eigenvalue weighted by molar-refractivity contribution is 5.94. The van der Waals surface area contributed by atoms with E-state index in [0.717, 1.165) is 34.4 Å². The maximum atomic E-state index is 12.9. The number of nitrogens with zero attached hydrogens (tertiary/aromatic N) is 5. The third-order valence-electron chi connectivity index (χ3n) is 5.67. The Morgan fingerprint density at radius 2 is 1.91 bits per heavy atom. The predicted molar refractivity (Wildman–Crippen MR) is 119 cm³/mol. The van der Waals surface area contributed by atoms with E-state index in [2.05, 4.69) is 10.1 Å². The van der Waals surface area contributed by atoms with Crippen LogP contribution in [0.1, 0.15) is 30.7 Å². The van der Waals surface area contributed by atoms with E-state index in [1.807, 2.05) is 30.3 Å². The molecule has 0 radical (unpaired) electrons.